The number of aliphatic carboxylic acids is 4. The molecule has 4 atom stereocenters. The van der Waals surface area contributed by atoms with Gasteiger partial charge in [-0.25, -0.2) is 0 Å². The third-order valence-corrected chi connectivity index (χ3v) is 1.56. The van der Waals surface area contributed by atoms with Crippen molar-refractivity contribution in [2.45, 2.75) is 24.4 Å². The first-order valence-corrected chi connectivity index (χ1v) is 4.49. The Labute approximate surface area is 205 Å². The van der Waals surface area contributed by atoms with Crippen molar-refractivity contribution in [1.82, 2.24) is 0 Å². The zero-order valence-electron chi connectivity index (χ0n) is 12.8. The monoisotopic (exact) mass is 616 g/mol. The molecule has 0 aromatic heterocycles. The summed E-state index contributed by atoms with van der Waals surface area (Å²) in [5.41, 5.74) is 0. The maximum Gasteiger partial charge on any atom is 3.00 e. The van der Waals surface area contributed by atoms with Crippen molar-refractivity contribution >= 4 is 50.1 Å². The van der Waals surface area contributed by atoms with Gasteiger partial charge in [0, 0.05) is 0 Å². The van der Waals surface area contributed by atoms with Crippen molar-refractivity contribution in [1.29, 1.82) is 0 Å². The molecule has 0 amide bonds. The van der Waals surface area contributed by atoms with Gasteiger partial charge >= 0.3 is 77.6 Å². The quantitative estimate of drug-likeness (QED) is 0.202. The molecular formula is C8H16BiKO16. The third-order valence-electron chi connectivity index (χ3n) is 1.56. The molecule has 0 bridgehead atoms. The number of carboxylic acids is 4. The van der Waals surface area contributed by atoms with Crippen LogP contribution in [-0.4, -0.2) is 117 Å². The summed E-state index contributed by atoms with van der Waals surface area (Å²) in [7, 11) is 0. The zero-order chi connectivity index (χ0) is 16.6. The summed E-state index contributed by atoms with van der Waals surface area (Å²) < 4.78 is 0. The summed E-state index contributed by atoms with van der Waals surface area (Å²) in [4.78, 5) is 38.5. The van der Waals surface area contributed by atoms with Gasteiger partial charge in [0.05, 0.1) is 23.9 Å². The van der Waals surface area contributed by atoms with Gasteiger partial charge in [-0.1, -0.05) is 0 Å². The van der Waals surface area contributed by atoms with Crippen LogP contribution in [0, 0.1) is 0 Å². The fourth-order valence-corrected chi connectivity index (χ4v) is 0.516. The molecule has 0 spiro atoms. The normalized spacial score (nSPS) is 12.2. The SMILES string of the molecule is O.O.O.O.O=C([O-])C(O)C(O)C(=O)[O-].O=C([O-])C(O)C(O)C(=O)[O-].[Bi+3].[K+]. The van der Waals surface area contributed by atoms with Gasteiger partial charge in [0.1, 0.15) is 24.4 Å². The number of aliphatic hydroxyl groups excluding tert-OH is 4. The van der Waals surface area contributed by atoms with Crippen molar-refractivity contribution in [2.24, 2.45) is 0 Å². The molecule has 0 fully saturated rings. The number of carbonyl (C=O) groups is 4. The van der Waals surface area contributed by atoms with E-state index < -0.39 is 48.3 Å². The first-order chi connectivity index (χ1) is 8.93. The number of carbonyl (C=O) groups excluding carboxylic acids is 4. The Morgan fingerprint density at radius 3 is 0.615 bits per heavy atom. The van der Waals surface area contributed by atoms with Crippen molar-refractivity contribution in [3.8, 4) is 0 Å². The van der Waals surface area contributed by atoms with Gasteiger partial charge < -0.3 is 81.9 Å². The molecule has 0 heterocycles. The molecule has 0 saturated carbocycles. The minimum absolute atomic E-state index is 0. The second kappa shape index (κ2) is 25.1. The molecule has 150 valence electrons. The molecule has 26 heavy (non-hydrogen) atoms. The van der Waals surface area contributed by atoms with Gasteiger partial charge in [-0.15, -0.1) is 0 Å². The van der Waals surface area contributed by atoms with E-state index >= 15 is 0 Å². The third kappa shape index (κ3) is 22.1. The Bertz CT molecular complexity index is 318. The fourth-order valence-electron chi connectivity index (χ4n) is 0.516. The van der Waals surface area contributed by atoms with Crippen LogP contribution < -0.4 is 71.8 Å². The minimum atomic E-state index is -2.44. The number of hydrogen-bond acceptors (Lipinski definition) is 12. The number of aliphatic hydroxyl groups is 4. The topological polar surface area (TPSA) is 367 Å². The maximum absolute atomic E-state index is 9.63. The second-order valence-electron chi connectivity index (χ2n) is 3.06. The molecule has 2 radical (unpaired) electrons. The Morgan fingerprint density at radius 1 is 0.500 bits per heavy atom. The molecule has 0 aliphatic rings. The van der Waals surface area contributed by atoms with E-state index in [2.05, 4.69) is 0 Å². The molecule has 18 heteroatoms. The summed E-state index contributed by atoms with van der Waals surface area (Å²) in [5, 5.41) is 71.5. The standard InChI is InChI=1S/2C4H6O6.Bi.K.4H2O/c2*5-1(3(7)8)2(6)4(9)10;;;;;;/h2*1-2,5-6H,(H,7,8)(H,9,10);;;4*1H2/q;;+3;+1;;;;/p-4. The van der Waals surface area contributed by atoms with E-state index in [0.29, 0.717) is 0 Å². The molecule has 0 aromatic rings. The van der Waals surface area contributed by atoms with E-state index in [1.54, 1.807) is 0 Å². The summed E-state index contributed by atoms with van der Waals surface area (Å²) in [6, 6.07) is 0. The van der Waals surface area contributed by atoms with E-state index in [0.717, 1.165) is 0 Å². The number of rotatable bonds is 6. The molecule has 0 aliphatic heterocycles. The van der Waals surface area contributed by atoms with Crippen molar-refractivity contribution in [2.75, 3.05) is 0 Å². The molecule has 0 saturated heterocycles. The van der Waals surface area contributed by atoms with Crippen LogP contribution in [-0.2, 0) is 19.2 Å². The van der Waals surface area contributed by atoms with E-state index in [4.69, 9.17) is 20.4 Å². The van der Waals surface area contributed by atoms with Crippen LogP contribution in [0.3, 0.4) is 0 Å². The van der Waals surface area contributed by atoms with Crippen molar-refractivity contribution in [3.63, 3.8) is 0 Å². The summed E-state index contributed by atoms with van der Waals surface area (Å²) in [5.74, 6) is -8.23. The van der Waals surface area contributed by atoms with E-state index in [1.165, 1.54) is 0 Å². The predicted octanol–water partition coefficient (Wildman–Crippen LogP) is -16.3. The molecule has 4 unspecified atom stereocenters. The first kappa shape index (κ1) is 50.2. The molecule has 16 nitrogen and oxygen atoms in total. The van der Waals surface area contributed by atoms with Crippen LogP contribution in [0.2, 0.25) is 0 Å². The van der Waals surface area contributed by atoms with E-state index in [9.17, 15) is 39.6 Å². The van der Waals surface area contributed by atoms with E-state index in [-0.39, 0.29) is 99.5 Å². The molecule has 0 aliphatic carbocycles. The Morgan fingerprint density at radius 2 is 0.577 bits per heavy atom. The van der Waals surface area contributed by atoms with Gasteiger partial charge in [-0.2, -0.15) is 0 Å². The van der Waals surface area contributed by atoms with Crippen LogP contribution in [0.4, 0.5) is 0 Å². The van der Waals surface area contributed by atoms with Crippen LogP contribution in [0.25, 0.3) is 0 Å². The van der Waals surface area contributed by atoms with Gasteiger partial charge in [-0.3, -0.25) is 0 Å². The Balaban J connectivity index is -0.0000000337. The smallest absolute Gasteiger partial charge is 0.547 e. The summed E-state index contributed by atoms with van der Waals surface area (Å²) >= 11 is 0. The van der Waals surface area contributed by atoms with Gasteiger partial charge in [0.15, 0.2) is 0 Å². The second-order valence-corrected chi connectivity index (χ2v) is 3.06. The van der Waals surface area contributed by atoms with E-state index in [1.807, 2.05) is 0 Å². The van der Waals surface area contributed by atoms with Gasteiger partial charge in [0.25, 0.3) is 0 Å². The van der Waals surface area contributed by atoms with Crippen molar-refractivity contribution < 1.29 is 133 Å². The van der Waals surface area contributed by atoms with Gasteiger partial charge in [0.2, 0.25) is 0 Å². The van der Waals surface area contributed by atoms with Crippen LogP contribution in [0.15, 0.2) is 0 Å². The van der Waals surface area contributed by atoms with Crippen molar-refractivity contribution in [3.05, 3.63) is 0 Å². The average molecular weight is 616 g/mol. The minimum Gasteiger partial charge on any atom is -0.547 e. The molecular weight excluding hydrogens is 600 g/mol. The number of carboxylic acid groups (broad SMARTS) is 4. The summed E-state index contributed by atoms with van der Waals surface area (Å²) in [6.45, 7) is 0. The largest absolute Gasteiger partial charge is 3.00 e. The van der Waals surface area contributed by atoms with Gasteiger partial charge in [-0.05, 0) is 0 Å². The van der Waals surface area contributed by atoms with Crippen LogP contribution in [0.5, 0.6) is 0 Å². The number of hydrogen-bond donors (Lipinski definition) is 4. The Hall–Kier alpha value is 0.0795. The molecule has 12 N–H and O–H groups in total. The Kier molecular flexibility index (Phi) is 48.4. The fraction of sp³-hybridized carbons (Fsp3) is 0.500. The zero-order valence-corrected chi connectivity index (χ0v) is 19.4. The van der Waals surface area contributed by atoms with Crippen LogP contribution in [0.1, 0.15) is 0 Å². The molecule has 0 rings (SSSR count). The molecule has 0 aromatic carbocycles. The maximum atomic E-state index is 9.63. The summed E-state index contributed by atoms with van der Waals surface area (Å²) in [6.07, 6.45) is -9.76. The predicted molar refractivity (Wildman–Crippen MR) is 64.3 cm³/mol. The van der Waals surface area contributed by atoms with Crippen LogP contribution >= 0.6 is 0 Å². The average Bonchev–Trinajstić information content (AvgIpc) is 2.35. The first-order valence-electron chi connectivity index (χ1n) is 4.49.